The summed E-state index contributed by atoms with van der Waals surface area (Å²) in [5, 5.41) is 2.50. The predicted octanol–water partition coefficient (Wildman–Crippen LogP) is 3.29. The molecule has 0 radical (unpaired) electrons. The summed E-state index contributed by atoms with van der Waals surface area (Å²) in [6.45, 7) is 1.79. The molecular weight excluding hydrogens is 263 g/mol. The lowest BCUT2D eigenvalue weighted by atomic mass is 10.1. The topological polar surface area (TPSA) is 30.0 Å². The van der Waals surface area contributed by atoms with E-state index < -0.39 is 23.2 Å². The summed E-state index contributed by atoms with van der Waals surface area (Å²) in [6.07, 6.45) is -0.0607. The van der Waals surface area contributed by atoms with E-state index in [2.05, 4.69) is 4.98 Å². The summed E-state index contributed by atoms with van der Waals surface area (Å²) < 4.78 is 38.7. The van der Waals surface area contributed by atoms with E-state index in [9.17, 15) is 18.0 Å². The van der Waals surface area contributed by atoms with Crippen LogP contribution < -0.4 is 0 Å². The second-order valence-electron chi connectivity index (χ2n) is 3.71. The van der Waals surface area contributed by atoms with E-state index >= 15 is 0 Å². The Bertz CT molecular complexity index is 586. The van der Waals surface area contributed by atoms with Crippen LogP contribution in [0.4, 0.5) is 13.2 Å². The van der Waals surface area contributed by atoms with Crippen LogP contribution in [0.2, 0.25) is 0 Å². The smallest absolute Gasteiger partial charge is 0.194 e. The van der Waals surface area contributed by atoms with Gasteiger partial charge in [-0.2, -0.15) is 0 Å². The highest BCUT2D eigenvalue weighted by molar-refractivity contribution is 7.09. The molecule has 2 aromatic rings. The average molecular weight is 271 g/mol. The second kappa shape index (κ2) is 4.89. The number of nitrogens with zero attached hydrogens (tertiary/aromatic N) is 1. The number of rotatable bonds is 3. The first kappa shape index (κ1) is 12.8. The van der Waals surface area contributed by atoms with E-state index in [0.717, 1.165) is 5.01 Å². The van der Waals surface area contributed by atoms with Crippen molar-refractivity contribution in [2.45, 2.75) is 13.3 Å². The van der Waals surface area contributed by atoms with Gasteiger partial charge in [-0.05, 0) is 19.1 Å². The molecule has 0 fully saturated rings. The summed E-state index contributed by atoms with van der Waals surface area (Å²) >= 11 is 1.38. The lowest BCUT2D eigenvalue weighted by Crippen LogP contribution is -2.06. The maximum Gasteiger partial charge on any atom is 0.194 e. The number of aryl methyl sites for hydroxylation is 1. The molecule has 0 saturated carbocycles. The second-order valence-corrected chi connectivity index (χ2v) is 4.77. The van der Waals surface area contributed by atoms with Gasteiger partial charge in [-0.1, -0.05) is 0 Å². The molecule has 0 aliphatic rings. The molecule has 0 aliphatic carbocycles. The summed E-state index contributed by atoms with van der Waals surface area (Å²) in [4.78, 5) is 15.8. The third-order valence-electron chi connectivity index (χ3n) is 2.31. The Morgan fingerprint density at radius 3 is 2.39 bits per heavy atom. The summed E-state index contributed by atoms with van der Waals surface area (Å²) in [5.41, 5.74) is 0.338. The number of ketones is 1. The van der Waals surface area contributed by atoms with Crippen molar-refractivity contribution in [3.8, 4) is 0 Å². The van der Waals surface area contributed by atoms with Gasteiger partial charge in [0.25, 0.3) is 0 Å². The average Bonchev–Trinajstić information content (AvgIpc) is 2.71. The van der Waals surface area contributed by atoms with Gasteiger partial charge in [0.05, 0.1) is 17.1 Å². The summed E-state index contributed by atoms with van der Waals surface area (Å²) in [7, 11) is 0. The number of hydrogen-bond donors (Lipinski definition) is 0. The number of aromatic nitrogens is 1. The zero-order valence-corrected chi connectivity index (χ0v) is 10.2. The van der Waals surface area contributed by atoms with Crippen molar-refractivity contribution < 1.29 is 18.0 Å². The molecule has 0 atom stereocenters. The number of carbonyl (C=O) groups is 1. The van der Waals surface area contributed by atoms with Crippen LogP contribution in [0.3, 0.4) is 0 Å². The fraction of sp³-hybridized carbons (Fsp3) is 0.167. The maximum atomic E-state index is 13.0. The van der Waals surface area contributed by atoms with Gasteiger partial charge in [-0.25, -0.2) is 18.2 Å². The van der Waals surface area contributed by atoms with E-state index in [1.807, 2.05) is 0 Å². The highest BCUT2D eigenvalue weighted by atomic mass is 32.1. The third kappa shape index (κ3) is 2.59. The van der Waals surface area contributed by atoms with E-state index in [1.165, 1.54) is 11.3 Å². The van der Waals surface area contributed by atoms with Crippen molar-refractivity contribution in [1.29, 1.82) is 0 Å². The molecule has 2 rings (SSSR count). The van der Waals surface area contributed by atoms with Gasteiger partial charge in [0.1, 0.15) is 0 Å². The van der Waals surface area contributed by atoms with Gasteiger partial charge >= 0.3 is 0 Å². The molecule has 1 heterocycles. The minimum atomic E-state index is -1.57. The Hall–Kier alpha value is -1.69. The van der Waals surface area contributed by atoms with Crippen molar-refractivity contribution in [3.63, 3.8) is 0 Å². The molecule has 6 heteroatoms. The molecule has 2 nitrogen and oxygen atoms in total. The molecule has 1 aromatic heterocycles. The van der Waals surface area contributed by atoms with Crippen LogP contribution in [-0.4, -0.2) is 10.8 Å². The molecule has 0 bridgehead atoms. The SMILES string of the molecule is Cc1nc(CC(=O)c2cc(F)c(F)c(F)c2)cs1. The molecule has 94 valence electrons. The quantitative estimate of drug-likeness (QED) is 0.633. The molecule has 1 aromatic carbocycles. The Morgan fingerprint density at radius 1 is 1.28 bits per heavy atom. The van der Waals surface area contributed by atoms with Crippen LogP contribution in [0.1, 0.15) is 21.1 Å². The highest BCUT2D eigenvalue weighted by Gasteiger charge is 2.16. The zero-order chi connectivity index (χ0) is 13.3. The molecular formula is C12H8F3NOS. The Labute approximate surface area is 105 Å². The molecule has 0 N–H and O–H groups in total. The third-order valence-corrected chi connectivity index (χ3v) is 3.14. The Kier molecular flexibility index (Phi) is 3.47. The number of halogens is 3. The molecule has 0 aliphatic heterocycles. The molecule has 0 spiro atoms. The molecule has 0 unspecified atom stereocenters. The first-order chi connectivity index (χ1) is 8.47. The van der Waals surface area contributed by atoms with Crippen LogP contribution in [0.15, 0.2) is 17.5 Å². The van der Waals surface area contributed by atoms with Crippen molar-refractivity contribution in [3.05, 3.63) is 51.2 Å². The monoisotopic (exact) mass is 271 g/mol. The van der Waals surface area contributed by atoms with Crippen molar-refractivity contribution in [2.24, 2.45) is 0 Å². The minimum Gasteiger partial charge on any atom is -0.294 e. The van der Waals surface area contributed by atoms with E-state index in [4.69, 9.17) is 0 Å². The van der Waals surface area contributed by atoms with Crippen molar-refractivity contribution in [2.75, 3.05) is 0 Å². The molecule has 0 amide bonds. The Morgan fingerprint density at radius 2 is 1.89 bits per heavy atom. The van der Waals surface area contributed by atoms with E-state index in [1.54, 1.807) is 12.3 Å². The molecule has 18 heavy (non-hydrogen) atoms. The Balaban J connectivity index is 2.24. The number of benzene rings is 1. The van der Waals surface area contributed by atoms with Gasteiger partial charge in [-0.3, -0.25) is 4.79 Å². The fourth-order valence-corrected chi connectivity index (χ4v) is 2.09. The number of Topliss-reactive ketones (excluding diaryl/α,β-unsaturated/α-hetero) is 1. The molecule has 0 saturated heterocycles. The first-order valence-electron chi connectivity index (χ1n) is 5.06. The van der Waals surface area contributed by atoms with Crippen LogP contribution in [0.25, 0.3) is 0 Å². The van der Waals surface area contributed by atoms with Crippen LogP contribution in [0.5, 0.6) is 0 Å². The predicted molar refractivity (Wildman–Crippen MR) is 61.2 cm³/mol. The minimum absolute atomic E-state index is 0.0607. The maximum absolute atomic E-state index is 13.0. The van der Waals surface area contributed by atoms with Gasteiger partial charge in [0, 0.05) is 10.9 Å². The number of carbonyl (C=O) groups excluding carboxylic acids is 1. The van der Waals surface area contributed by atoms with Crippen LogP contribution >= 0.6 is 11.3 Å². The highest BCUT2D eigenvalue weighted by Crippen LogP contribution is 2.16. The van der Waals surface area contributed by atoms with Crippen molar-refractivity contribution >= 4 is 17.1 Å². The van der Waals surface area contributed by atoms with Crippen molar-refractivity contribution in [1.82, 2.24) is 4.98 Å². The van der Waals surface area contributed by atoms with Gasteiger partial charge in [-0.15, -0.1) is 11.3 Å². The normalized spacial score (nSPS) is 10.7. The van der Waals surface area contributed by atoms with E-state index in [-0.39, 0.29) is 12.0 Å². The van der Waals surface area contributed by atoms with Crippen LogP contribution in [-0.2, 0) is 6.42 Å². The summed E-state index contributed by atoms with van der Waals surface area (Å²) in [6, 6.07) is 1.39. The van der Waals surface area contributed by atoms with Gasteiger partial charge in [0.2, 0.25) is 0 Å². The number of thiazole rings is 1. The lowest BCUT2D eigenvalue weighted by Gasteiger charge is -2.01. The lowest BCUT2D eigenvalue weighted by molar-refractivity contribution is 0.0991. The number of hydrogen-bond acceptors (Lipinski definition) is 3. The standard InChI is InChI=1S/C12H8F3NOS/c1-6-16-8(5-18-6)4-11(17)7-2-9(13)12(15)10(14)3-7/h2-3,5H,4H2,1H3. The van der Waals surface area contributed by atoms with Crippen LogP contribution in [0, 0.1) is 24.4 Å². The largest absolute Gasteiger partial charge is 0.294 e. The summed E-state index contributed by atoms with van der Waals surface area (Å²) in [5.74, 6) is -4.81. The van der Waals surface area contributed by atoms with Gasteiger partial charge < -0.3 is 0 Å². The first-order valence-corrected chi connectivity index (χ1v) is 5.94. The van der Waals surface area contributed by atoms with E-state index in [0.29, 0.717) is 17.8 Å². The fourth-order valence-electron chi connectivity index (χ4n) is 1.47. The zero-order valence-electron chi connectivity index (χ0n) is 9.34. The van der Waals surface area contributed by atoms with Gasteiger partial charge in [0.15, 0.2) is 23.2 Å².